The summed E-state index contributed by atoms with van der Waals surface area (Å²) in [6, 6.07) is 10.2. The Morgan fingerprint density at radius 2 is 1.80 bits per heavy atom. The smallest absolute Gasteiger partial charge is 0.116 e. The Labute approximate surface area is 89.7 Å². The van der Waals surface area contributed by atoms with E-state index in [1.54, 1.807) is 0 Å². The third-order valence-electron chi connectivity index (χ3n) is 2.46. The van der Waals surface area contributed by atoms with Gasteiger partial charge in [-0.15, -0.1) is 5.10 Å². The summed E-state index contributed by atoms with van der Waals surface area (Å²) in [5, 5.41) is 8.30. The van der Waals surface area contributed by atoms with Crippen LogP contribution in [-0.4, -0.2) is 15.0 Å². The molecule has 0 aliphatic carbocycles. The second kappa shape index (κ2) is 3.85. The molecule has 0 fully saturated rings. The summed E-state index contributed by atoms with van der Waals surface area (Å²) in [6.07, 6.45) is 0. The molecule has 2 rings (SSSR count). The number of benzene rings is 1. The van der Waals surface area contributed by atoms with Crippen LogP contribution in [0.25, 0.3) is 11.3 Å². The molecular weight excluding hydrogens is 186 g/mol. The molecule has 3 nitrogen and oxygen atoms in total. The first-order valence-corrected chi connectivity index (χ1v) is 5.15. The minimum absolute atomic E-state index is 0.431. The number of aryl methyl sites for hydroxylation is 1. The largest absolute Gasteiger partial charge is 0.252 e. The summed E-state index contributed by atoms with van der Waals surface area (Å²) in [5.41, 5.74) is 3.31. The summed E-state index contributed by atoms with van der Waals surface area (Å²) in [5.74, 6) is 0.431. The Morgan fingerprint density at radius 1 is 1.13 bits per heavy atom. The Balaban J connectivity index is 2.54. The van der Waals surface area contributed by atoms with Crippen LogP contribution in [0.15, 0.2) is 30.3 Å². The molecule has 0 bridgehead atoms. The van der Waals surface area contributed by atoms with E-state index in [1.807, 2.05) is 29.9 Å². The lowest BCUT2D eigenvalue weighted by Crippen LogP contribution is -2.00. The van der Waals surface area contributed by atoms with Crippen LogP contribution in [-0.2, 0) is 7.05 Å². The lowest BCUT2D eigenvalue weighted by molar-refractivity contribution is 0.648. The lowest BCUT2D eigenvalue weighted by atomic mass is 10.0. The highest BCUT2D eigenvalue weighted by atomic mass is 15.4. The molecule has 15 heavy (non-hydrogen) atoms. The van der Waals surface area contributed by atoms with Crippen molar-refractivity contribution in [2.45, 2.75) is 19.8 Å². The Hall–Kier alpha value is -1.64. The van der Waals surface area contributed by atoms with Gasteiger partial charge >= 0.3 is 0 Å². The predicted molar refractivity (Wildman–Crippen MR) is 60.5 cm³/mol. The van der Waals surface area contributed by atoms with Gasteiger partial charge in [0.2, 0.25) is 0 Å². The molecule has 0 radical (unpaired) electrons. The van der Waals surface area contributed by atoms with Gasteiger partial charge in [0.25, 0.3) is 0 Å². The van der Waals surface area contributed by atoms with Crippen molar-refractivity contribution < 1.29 is 0 Å². The van der Waals surface area contributed by atoms with Gasteiger partial charge in [-0.2, -0.15) is 0 Å². The fraction of sp³-hybridized carbons (Fsp3) is 0.333. The van der Waals surface area contributed by atoms with Crippen molar-refractivity contribution in [3.8, 4) is 11.3 Å². The monoisotopic (exact) mass is 201 g/mol. The van der Waals surface area contributed by atoms with Crippen molar-refractivity contribution in [1.29, 1.82) is 0 Å². The predicted octanol–water partition coefficient (Wildman–Crippen LogP) is 2.61. The molecular formula is C12H15N3. The molecule has 0 unspecified atom stereocenters. The van der Waals surface area contributed by atoms with Crippen molar-refractivity contribution in [3.63, 3.8) is 0 Å². The van der Waals surface area contributed by atoms with Gasteiger partial charge in [0.05, 0.1) is 5.69 Å². The van der Waals surface area contributed by atoms with Gasteiger partial charge < -0.3 is 0 Å². The Morgan fingerprint density at radius 3 is 2.40 bits per heavy atom. The summed E-state index contributed by atoms with van der Waals surface area (Å²) < 4.78 is 1.85. The second-order valence-electron chi connectivity index (χ2n) is 3.97. The van der Waals surface area contributed by atoms with Gasteiger partial charge in [-0.25, -0.2) is 0 Å². The van der Waals surface area contributed by atoms with Crippen molar-refractivity contribution in [1.82, 2.24) is 15.0 Å². The molecule has 1 aromatic carbocycles. The Kier molecular flexibility index (Phi) is 2.54. The van der Waals surface area contributed by atoms with Crippen LogP contribution in [0, 0.1) is 0 Å². The SMILES string of the molecule is CC(C)c1c(-c2ccccc2)nnn1C. The zero-order valence-electron chi connectivity index (χ0n) is 9.31. The first-order valence-electron chi connectivity index (χ1n) is 5.15. The van der Waals surface area contributed by atoms with E-state index in [9.17, 15) is 0 Å². The van der Waals surface area contributed by atoms with Crippen LogP contribution in [0.3, 0.4) is 0 Å². The zero-order chi connectivity index (χ0) is 10.8. The third-order valence-corrected chi connectivity index (χ3v) is 2.46. The number of aromatic nitrogens is 3. The second-order valence-corrected chi connectivity index (χ2v) is 3.97. The van der Waals surface area contributed by atoms with Crippen molar-refractivity contribution in [3.05, 3.63) is 36.0 Å². The fourth-order valence-electron chi connectivity index (χ4n) is 1.81. The average molecular weight is 201 g/mol. The highest BCUT2D eigenvalue weighted by Crippen LogP contribution is 2.25. The molecule has 2 aromatic rings. The highest BCUT2D eigenvalue weighted by Gasteiger charge is 2.14. The minimum Gasteiger partial charge on any atom is -0.252 e. The van der Waals surface area contributed by atoms with Gasteiger partial charge in [-0.05, 0) is 5.92 Å². The molecule has 78 valence electrons. The van der Waals surface area contributed by atoms with Gasteiger partial charge in [-0.3, -0.25) is 4.68 Å². The maximum absolute atomic E-state index is 4.22. The molecule has 0 aliphatic rings. The fourth-order valence-corrected chi connectivity index (χ4v) is 1.81. The summed E-state index contributed by atoms with van der Waals surface area (Å²) in [6.45, 7) is 4.32. The van der Waals surface area contributed by atoms with Crippen molar-refractivity contribution in [2.24, 2.45) is 7.05 Å². The molecule has 0 amide bonds. The Bertz CT molecular complexity index is 443. The van der Waals surface area contributed by atoms with Crippen LogP contribution in [0.5, 0.6) is 0 Å². The van der Waals surface area contributed by atoms with Gasteiger partial charge in [0.15, 0.2) is 0 Å². The van der Waals surface area contributed by atoms with E-state index in [2.05, 4.69) is 36.3 Å². The van der Waals surface area contributed by atoms with E-state index in [0.29, 0.717) is 5.92 Å². The van der Waals surface area contributed by atoms with Crippen molar-refractivity contribution in [2.75, 3.05) is 0 Å². The molecule has 0 aliphatic heterocycles. The topological polar surface area (TPSA) is 30.7 Å². The van der Waals surface area contributed by atoms with Crippen LogP contribution < -0.4 is 0 Å². The maximum Gasteiger partial charge on any atom is 0.116 e. The molecule has 1 heterocycles. The molecule has 0 atom stereocenters. The van der Waals surface area contributed by atoms with E-state index in [1.165, 1.54) is 5.69 Å². The minimum atomic E-state index is 0.431. The zero-order valence-corrected chi connectivity index (χ0v) is 9.31. The van der Waals surface area contributed by atoms with E-state index in [4.69, 9.17) is 0 Å². The van der Waals surface area contributed by atoms with E-state index in [-0.39, 0.29) is 0 Å². The first-order chi connectivity index (χ1) is 7.20. The molecule has 0 saturated heterocycles. The molecule has 3 heteroatoms. The van der Waals surface area contributed by atoms with Gasteiger partial charge in [0, 0.05) is 12.6 Å². The normalized spacial score (nSPS) is 10.9. The summed E-state index contributed by atoms with van der Waals surface area (Å²) in [7, 11) is 1.94. The van der Waals surface area contributed by atoms with E-state index < -0.39 is 0 Å². The van der Waals surface area contributed by atoms with Crippen LogP contribution >= 0.6 is 0 Å². The standard InChI is InChI=1S/C12H15N3/c1-9(2)12-11(13-14-15(12)3)10-7-5-4-6-8-10/h4-9H,1-3H3. The average Bonchev–Trinajstić information content (AvgIpc) is 2.61. The molecule has 1 aromatic heterocycles. The first kappa shape index (κ1) is 9.90. The number of nitrogens with zero attached hydrogens (tertiary/aromatic N) is 3. The van der Waals surface area contributed by atoms with Crippen LogP contribution in [0.4, 0.5) is 0 Å². The maximum atomic E-state index is 4.22. The molecule has 0 N–H and O–H groups in total. The number of hydrogen-bond donors (Lipinski definition) is 0. The van der Waals surface area contributed by atoms with Crippen LogP contribution in [0.1, 0.15) is 25.5 Å². The van der Waals surface area contributed by atoms with E-state index in [0.717, 1.165) is 11.3 Å². The third kappa shape index (κ3) is 1.77. The van der Waals surface area contributed by atoms with Crippen molar-refractivity contribution >= 4 is 0 Å². The number of rotatable bonds is 2. The van der Waals surface area contributed by atoms with Crippen LogP contribution in [0.2, 0.25) is 0 Å². The number of hydrogen-bond acceptors (Lipinski definition) is 2. The summed E-state index contributed by atoms with van der Waals surface area (Å²) >= 11 is 0. The summed E-state index contributed by atoms with van der Waals surface area (Å²) in [4.78, 5) is 0. The molecule has 0 spiro atoms. The quantitative estimate of drug-likeness (QED) is 0.747. The van der Waals surface area contributed by atoms with Gasteiger partial charge in [0.1, 0.15) is 5.69 Å². The highest BCUT2D eigenvalue weighted by molar-refractivity contribution is 5.61. The lowest BCUT2D eigenvalue weighted by Gasteiger charge is -2.07. The van der Waals surface area contributed by atoms with Gasteiger partial charge in [-0.1, -0.05) is 49.4 Å². The van der Waals surface area contributed by atoms with E-state index >= 15 is 0 Å². The molecule has 0 saturated carbocycles.